The van der Waals surface area contributed by atoms with E-state index in [-0.39, 0.29) is 6.42 Å². The molecule has 0 aromatic carbocycles. The fourth-order valence-electron chi connectivity index (χ4n) is 1.39. The number of thiophene rings is 1. The van der Waals surface area contributed by atoms with Crippen molar-refractivity contribution in [3.63, 3.8) is 0 Å². The molecule has 0 aliphatic carbocycles. The maximum absolute atomic E-state index is 10.6. The number of hydrogen-bond donors (Lipinski definition) is 2. The highest BCUT2D eigenvalue weighted by Gasteiger charge is 2.06. The minimum Gasteiger partial charge on any atom is -0.481 e. The van der Waals surface area contributed by atoms with Crippen molar-refractivity contribution in [1.82, 2.24) is 5.32 Å². The highest BCUT2D eigenvalue weighted by atomic mass is 32.2. The zero-order chi connectivity index (χ0) is 12.7. The molecule has 0 saturated carbocycles. The summed E-state index contributed by atoms with van der Waals surface area (Å²) in [4.78, 5) is 12.7. The number of aliphatic carboxylic acids is 1. The summed E-state index contributed by atoms with van der Waals surface area (Å²) < 4.78 is 0. The summed E-state index contributed by atoms with van der Waals surface area (Å²) in [6, 6.07) is 4.40. The lowest BCUT2D eigenvalue weighted by Gasteiger charge is -2.11. The zero-order valence-electron chi connectivity index (χ0n) is 10.2. The summed E-state index contributed by atoms with van der Waals surface area (Å²) in [6.07, 6.45) is 0.131. The molecule has 1 aromatic rings. The van der Waals surface area contributed by atoms with Crippen LogP contribution in [-0.2, 0) is 17.8 Å². The molecule has 96 valence electrons. The van der Waals surface area contributed by atoms with Crippen LogP contribution in [0.1, 0.15) is 23.6 Å². The molecule has 0 saturated heterocycles. The number of hydrogen-bond acceptors (Lipinski definition) is 4. The lowest BCUT2D eigenvalue weighted by molar-refractivity contribution is -0.136. The normalized spacial score (nSPS) is 12.6. The van der Waals surface area contributed by atoms with Gasteiger partial charge in [-0.25, -0.2) is 0 Å². The van der Waals surface area contributed by atoms with E-state index in [2.05, 4.69) is 19.2 Å². The van der Waals surface area contributed by atoms with Gasteiger partial charge < -0.3 is 10.4 Å². The van der Waals surface area contributed by atoms with E-state index in [4.69, 9.17) is 5.11 Å². The Labute approximate surface area is 111 Å². The van der Waals surface area contributed by atoms with Gasteiger partial charge in [-0.3, -0.25) is 4.79 Å². The zero-order valence-corrected chi connectivity index (χ0v) is 11.9. The predicted molar refractivity (Wildman–Crippen MR) is 75.0 cm³/mol. The van der Waals surface area contributed by atoms with Gasteiger partial charge in [-0.15, -0.1) is 11.3 Å². The summed E-state index contributed by atoms with van der Waals surface area (Å²) in [6.45, 7) is 5.17. The molecule has 0 amide bonds. The molecule has 1 aromatic heterocycles. The van der Waals surface area contributed by atoms with Crippen LogP contribution in [-0.4, -0.2) is 28.6 Å². The van der Waals surface area contributed by atoms with Gasteiger partial charge in [0.15, 0.2) is 0 Å². The van der Waals surface area contributed by atoms with E-state index in [0.717, 1.165) is 22.9 Å². The van der Waals surface area contributed by atoms with Crippen LogP contribution in [0.15, 0.2) is 12.1 Å². The summed E-state index contributed by atoms with van der Waals surface area (Å²) in [5.41, 5.74) is 0. The van der Waals surface area contributed by atoms with Crippen LogP contribution in [0.2, 0.25) is 0 Å². The third-order valence-electron chi connectivity index (χ3n) is 2.24. The Morgan fingerprint density at radius 1 is 1.53 bits per heavy atom. The molecule has 0 fully saturated rings. The monoisotopic (exact) mass is 273 g/mol. The Hall–Kier alpha value is -0.520. The standard InChI is InChI=1S/C12H19NO2S2/c1-3-16-8-9(2)13-7-11-5-4-10(17-11)6-12(14)15/h4-5,9,13H,3,6-8H2,1-2H3,(H,14,15). The van der Waals surface area contributed by atoms with Crippen LogP contribution in [0.3, 0.4) is 0 Å². The highest BCUT2D eigenvalue weighted by molar-refractivity contribution is 7.99. The minimum absolute atomic E-state index is 0.131. The van der Waals surface area contributed by atoms with E-state index >= 15 is 0 Å². The fourth-order valence-corrected chi connectivity index (χ4v) is 3.06. The average Bonchev–Trinajstić information content (AvgIpc) is 2.70. The Balaban J connectivity index is 2.31. The van der Waals surface area contributed by atoms with E-state index in [1.807, 2.05) is 23.9 Å². The maximum atomic E-state index is 10.6. The number of carbonyl (C=O) groups is 1. The van der Waals surface area contributed by atoms with Crippen molar-refractivity contribution in [2.45, 2.75) is 32.9 Å². The molecule has 0 radical (unpaired) electrons. The maximum Gasteiger partial charge on any atom is 0.308 e. The smallest absolute Gasteiger partial charge is 0.308 e. The quantitative estimate of drug-likeness (QED) is 0.764. The molecule has 1 rings (SSSR count). The highest BCUT2D eigenvalue weighted by Crippen LogP contribution is 2.17. The van der Waals surface area contributed by atoms with Crippen molar-refractivity contribution in [3.8, 4) is 0 Å². The van der Waals surface area contributed by atoms with Gasteiger partial charge in [0, 0.05) is 28.1 Å². The number of nitrogens with one attached hydrogen (secondary N) is 1. The number of carboxylic acid groups (broad SMARTS) is 1. The van der Waals surface area contributed by atoms with Crippen molar-refractivity contribution >= 4 is 29.1 Å². The minimum atomic E-state index is -0.765. The molecule has 0 spiro atoms. The Bertz CT molecular complexity index is 352. The van der Waals surface area contributed by atoms with Crippen LogP contribution < -0.4 is 5.32 Å². The van der Waals surface area contributed by atoms with Gasteiger partial charge in [0.05, 0.1) is 6.42 Å². The third kappa shape index (κ3) is 6.10. The van der Waals surface area contributed by atoms with E-state index in [0.29, 0.717) is 6.04 Å². The van der Waals surface area contributed by atoms with Crippen LogP contribution >= 0.6 is 23.1 Å². The Kier molecular flexibility index (Phi) is 6.62. The summed E-state index contributed by atoms with van der Waals surface area (Å²) in [5.74, 6) is 1.50. The van der Waals surface area contributed by atoms with Gasteiger partial charge in [-0.05, 0) is 24.8 Å². The SMILES string of the molecule is CCSCC(C)NCc1ccc(CC(=O)O)s1. The van der Waals surface area contributed by atoms with Crippen molar-refractivity contribution in [2.24, 2.45) is 0 Å². The summed E-state index contributed by atoms with van der Waals surface area (Å²) >= 11 is 3.51. The molecule has 17 heavy (non-hydrogen) atoms. The Morgan fingerprint density at radius 2 is 2.24 bits per heavy atom. The first-order valence-corrected chi connectivity index (χ1v) is 7.69. The van der Waals surface area contributed by atoms with E-state index in [9.17, 15) is 4.79 Å². The van der Waals surface area contributed by atoms with Crippen molar-refractivity contribution < 1.29 is 9.90 Å². The van der Waals surface area contributed by atoms with Crippen LogP contribution in [0.25, 0.3) is 0 Å². The molecule has 0 aliphatic heterocycles. The van der Waals surface area contributed by atoms with Gasteiger partial charge in [-0.1, -0.05) is 6.92 Å². The molecule has 1 atom stereocenters. The molecule has 0 bridgehead atoms. The molecule has 3 nitrogen and oxygen atoms in total. The third-order valence-corrected chi connectivity index (χ3v) is 4.47. The van der Waals surface area contributed by atoms with Gasteiger partial charge in [-0.2, -0.15) is 11.8 Å². The topological polar surface area (TPSA) is 49.3 Å². The van der Waals surface area contributed by atoms with E-state index in [1.54, 1.807) is 11.3 Å². The molecule has 1 heterocycles. The molecule has 2 N–H and O–H groups in total. The van der Waals surface area contributed by atoms with Crippen LogP contribution in [0.5, 0.6) is 0 Å². The second kappa shape index (κ2) is 7.74. The number of thioether (sulfide) groups is 1. The first-order valence-electron chi connectivity index (χ1n) is 5.72. The molecule has 0 aliphatic rings. The largest absolute Gasteiger partial charge is 0.481 e. The van der Waals surface area contributed by atoms with Crippen LogP contribution in [0, 0.1) is 0 Å². The van der Waals surface area contributed by atoms with Gasteiger partial charge >= 0.3 is 5.97 Å². The lowest BCUT2D eigenvalue weighted by atomic mass is 10.3. The van der Waals surface area contributed by atoms with Gasteiger partial charge in [0.1, 0.15) is 0 Å². The summed E-state index contributed by atoms with van der Waals surface area (Å²) in [5, 5.41) is 12.1. The fraction of sp³-hybridized carbons (Fsp3) is 0.583. The second-order valence-electron chi connectivity index (χ2n) is 3.88. The Morgan fingerprint density at radius 3 is 2.88 bits per heavy atom. The predicted octanol–water partition coefficient (Wildman–Crippen LogP) is 2.61. The van der Waals surface area contributed by atoms with Crippen molar-refractivity contribution in [2.75, 3.05) is 11.5 Å². The average molecular weight is 273 g/mol. The van der Waals surface area contributed by atoms with E-state index < -0.39 is 5.97 Å². The van der Waals surface area contributed by atoms with Crippen molar-refractivity contribution in [3.05, 3.63) is 21.9 Å². The first kappa shape index (κ1) is 14.5. The molecule has 1 unspecified atom stereocenters. The number of carboxylic acids is 1. The number of rotatable bonds is 8. The second-order valence-corrected chi connectivity index (χ2v) is 6.45. The van der Waals surface area contributed by atoms with Crippen LogP contribution in [0.4, 0.5) is 0 Å². The van der Waals surface area contributed by atoms with E-state index in [1.165, 1.54) is 4.88 Å². The van der Waals surface area contributed by atoms with Gasteiger partial charge in [0.25, 0.3) is 0 Å². The first-order chi connectivity index (χ1) is 8.11. The lowest BCUT2D eigenvalue weighted by Crippen LogP contribution is -2.27. The van der Waals surface area contributed by atoms with Gasteiger partial charge in [0.2, 0.25) is 0 Å². The molecular formula is C12H19NO2S2. The molecular weight excluding hydrogens is 254 g/mol. The van der Waals surface area contributed by atoms with Crippen molar-refractivity contribution in [1.29, 1.82) is 0 Å². The summed E-state index contributed by atoms with van der Waals surface area (Å²) in [7, 11) is 0. The molecule has 5 heteroatoms.